The number of carbonyl (C=O) groups is 4. The lowest BCUT2D eigenvalue weighted by Gasteiger charge is -2.26. The number of carbonyl (C=O) groups excluding carboxylic acids is 4. The molecular formula is C22H18ClNO6. The van der Waals surface area contributed by atoms with E-state index in [1.807, 2.05) is 0 Å². The topological polar surface area (TPSA) is 90.0 Å². The molecule has 154 valence electrons. The van der Waals surface area contributed by atoms with Gasteiger partial charge in [-0.05, 0) is 54.0 Å². The Bertz CT molecular complexity index is 1080. The van der Waals surface area contributed by atoms with Crippen LogP contribution in [0, 0.1) is 0 Å². The van der Waals surface area contributed by atoms with Gasteiger partial charge in [0.05, 0.1) is 5.69 Å². The Morgan fingerprint density at radius 2 is 1.67 bits per heavy atom. The van der Waals surface area contributed by atoms with Crippen LogP contribution < -0.4 is 14.4 Å². The Morgan fingerprint density at radius 1 is 0.967 bits per heavy atom. The first-order valence-electron chi connectivity index (χ1n) is 9.09. The number of anilines is 1. The lowest BCUT2D eigenvalue weighted by molar-refractivity contribution is -0.134. The van der Waals surface area contributed by atoms with E-state index in [9.17, 15) is 19.2 Å². The molecule has 1 aliphatic rings. The lowest BCUT2D eigenvalue weighted by atomic mass is 10.0. The van der Waals surface area contributed by atoms with Gasteiger partial charge in [-0.15, -0.1) is 0 Å². The molecule has 0 saturated carbocycles. The van der Waals surface area contributed by atoms with Crippen molar-refractivity contribution in [3.8, 4) is 11.5 Å². The maximum Gasteiger partial charge on any atom is 0.308 e. The number of rotatable bonds is 4. The van der Waals surface area contributed by atoms with Crippen LogP contribution in [0.5, 0.6) is 11.5 Å². The highest BCUT2D eigenvalue weighted by Crippen LogP contribution is 2.31. The van der Waals surface area contributed by atoms with Crippen molar-refractivity contribution in [3.63, 3.8) is 0 Å². The second-order valence-corrected chi connectivity index (χ2v) is 7.00. The molecule has 7 nitrogen and oxygen atoms in total. The number of aryl methyl sites for hydroxylation is 1. The zero-order chi connectivity index (χ0) is 21.8. The molecule has 0 radical (unpaired) electrons. The van der Waals surface area contributed by atoms with Crippen molar-refractivity contribution in [2.45, 2.75) is 26.7 Å². The summed E-state index contributed by atoms with van der Waals surface area (Å²) in [6.45, 7) is 2.44. The summed E-state index contributed by atoms with van der Waals surface area (Å²) >= 11 is 6.01. The van der Waals surface area contributed by atoms with E-state index in [0.717, 1.165) is 10.5 Å². The molecule has 0 saturated heterocycles. The van der Waals surface area contributed by atoms with E-state index in [1.54, 1.807) is 24.3 Å². The number of fused-ring (bicyclic) bond motifs is 1. The smallest absolute Gasteiger partial charge is 0.308 e. The van der Waals surface area contributed by atoms with Gasteiger partial charge in [-0.25, -0.2) is 4.90 Å². The summed E-state index contributed by atoms with van der Waals surface area (Å²) in [5.74, 6) is -1.84. The number of imide groups is 1. The normalized spacial score (nSPS) is 13.2. The summed E-state index contributed by atoms with van der Waals surface area (Å²) < 4.78 is 10.1. The standard InChI is InChI=1S/C22H18ClNO6/c1-13(25)29-19-8-3-15(11-20(19)30-14(2)26)4-9-21(27)24-18-7-6-17(23)12-16(18)5-10-22(24)28/h3-4,6-9,11-12H,5,10H2,1-2H3. The summed E-state index contributed by atoms with van der Waals surface area (Å²) in [7, 11) is 0. The van der Waals surface area contributed by atoms with Gasteiger partial charge in [0.25, 0.3) is 5.91 Å². The van der Waals surface area contributed by atoms with Gasteiger partial charge in [-0.2, -0.15) is 0 Å². The fourth-order valence-electron chi connectivity index (χ4n) is 3.05. The molecule has 0 unspecified atom stereocenters. The third kappa shape index (κ3) is 4.93. The third-order valence-electron chi connectivity index (χ3n) is 4.25. The Balaban J connectivity index is 1.86. The molecule has 0 spiro atoms. The Kier molecular flexibility index (Phi) is 6.32. The van der Waals surface area contributed by atoms with E-state index in [2.05, 4.69) is 0 Å². The second-order valence-electron chi connectivity index (χ2n) is 6.57. The van der Waals surface area contributed by atoms with Gasteiger partial charge in [0.15, 0.2) is 11.5 Å². The zero-order valence-electron chi connectivity index (χ0n) is 16.3. The van der Waals surface area contributed by atoms with Gasteiger partial charge in [-0.3, -0.25) is 19.2 Å². The molecular weight excluding hydrogens is 410 g/mol. The highest BCUT2D eigenvalue weighted by molar-refractivity contribution is 6.31. The summed E-state index contributed by atoms with van der Waals surface area (Å²) in [6.07, 6.45) is 3.45. The van der Waals surface area contributed by atoms with Crippen molar-refractivity contribution >= 4 is 47.1 Å². The minimum absolute atomic E-state index is 0.0429. The zero-order valence-corrected chi connectivity index (χ0v) is 17.1. The average molecular weight is 428 g/mol. The van der Waals surface area contributed by atoms with Crippen LogP contribution in [0.2, 0.25) is 5.02 Å². The maximum absolute atomic E-state index is 12.7. The highest BCUT2D eigenvalue weighted by Gasteiger charge is 2.28. The molecule has 0 atom stereocenters. The summed E-state index contributed by atoms with van der Waals surface area (Å²) in [5.41, 5.74) is 1.85. The van der Waals surface area contributed by atoms with Crippen LogP contribution in [0.1, 0.15) is 31.4 Å². The third-order valence-corrected chi connectivity index (χ3v) is 4.49. The van der Waals surface area contributed by atoms with E-state index >= 15 is 0 Å². The molecule has 0 fully saturated rings. The number of ether oxygens (including phenoxy) is 2. The first kappa shape index (κ1) is 21.3. The average Bonchev–Trinajstić information content (AvgIpc) is 2.67. The number of hydrogen-bond donors (Lipinski definition) is 0. The number of benzene rings is 2. The van der Waals surface area contributed by atoms with Crippen molar-refractivity contribution in [3.05, 3.63) is 58.6 Å². The molecule has 1 aliphatic heterocycles. The van der Waals surface area contributed by atoms with Gasteiger partial charge in [0.2, 0.25) is 5.91 Å². The fraction of sp³-hybridized carbons (Fsp3) is 0.182. The monoisotopic (exact) mass is 427 g/mol. The van der Waals surface area contributed by atoms with E-state index in [1.165, 1.54) is 38.1 Å². The molecule has 3 rings (SSSR count). The van der Waals surface area contributed by atoms with E-state index < -0.39 is 17.8 Å². The van der Waals surface area contributed by atoms with Crippen LogP contribution in [0.3, 0.4) is 0 Å². The van der Waals surface area contributed by atoms with Crippen LogP contribution in [0.15, 0.2) is 42.5 Å². The number of hydrogen-bond acceptors (Lipinski definition) is 6. The first-order valence-corrected chi connectivity index (χ1v) is 9.46. The summed E-state index contributed by atoms with van der Waals surface area (Å²) in [5, 5.41) is 0.539. The largest absolute Gasteiger partial charge is 0.423 e. The molecule has 8 heteroatoms. The number of esters is 2. The highest BCUT2D eigenvalue weighted by atomic mass is 35.5. The molecule has 2 aromatic rings. The molecule has 2 aromatic carbocycles. The van der Waals surface area contributed by atoms with Crippen molar-refractivity contribution in [1.29, 1.82) is 0 Å². The van der Waals surface area contributed by atoms with E-state index in [4.69, 9.17) is 21.1 Å². The van der Waals surface area contributed by atoms with Crippen LogP contribution in [0.25, 0.3) is 6.08 Å². The van der Waals surface area contributed by atoms with Crippen molar-refractivity contribution < 1.29 is 28.7 Å². The molecule has 30 heavy (non-hydrogen) atoms. The molecule has 0 bridgehead atoms. The van der Waals surface area contributed by atoms with Gasteiger partial charge in [0, 0.05) is 31.4 Å². The summed E-state index contributed by atoms with van der Waals surface area (Å²) in [6, 6.07) is 9.50. The molecule has 0 aromatic heterocycles. The Hall–Kier alpha value is -3.45. The lowest BCUT2D eigenvalue weighted by Crippen LogP contribution is -2.39. The minimum atomic E-state index is -0.588. The molecule has 2 amide bonds. The van der Waals surface area contributed by atoms with Crippen LogP contribution >= 0.6 is 11.6 Å². The van der Waals surface area contributed by atoms with Crippen LogP contribution in [-0.2, 0) is 25.6 Å². The number of nitrogens with zero attached hydrogens (tertiary/aromatic N) is 1. The van der Waals surface area contributed by atoms with Crippen LogP contribution in [0.4, 0.5) is 5.69 Å². The summed E-state index contributed by atoms with van der Waals surface area (Å²) in [4.78, 5) is 48.7. The van der Waals surface area contributed by atoms with Crippen molar-refractivity contribution in [1.82, 2.24) is 0 Å². The molecule has 0 N–H and O–H groups in total. The minimum Gasteiger partial charge on any atom is -0.423 e. The molecule has 0 aliphatic carbocycles. The quantitative estimate of drug-likeness (QED) is 0.419. The predicted octanol–water partition coefficient (Wildman–Crippen LogP) is 3.71. The maximum atomic E-state index is 12.7. The second kappa shape index (κ2) is 8.92. The van der Waals surface area contributed by atoms with Crippen molar-refractivity contribution in [2.24, 2.45) is 0 Å². The fourth-order valence-corrected chi connectivity index (χ4v) is 3.24. The number of amides is 2. The van der Waals surface area contributed by atoms with E-state index in [0.29, 0.717) is 22.7 Å². The Morgan fingerprint density at radius 3 is 2.37 bits per heavy atom. The first-order chi connectivity index (χ1) is 14.2. The van der Waals surface area contributed by atoms with Gasteiger partial charge in [-0.1, -0.05) is 17.7 Å². The predicted molar refractivity (Wildman–Crippen MR) is 110 cm³/mol. The van der Waals surface area contributed by atoms with Gasteiger partial charge >= 0.3 is 11.9 Å². The van der Waals surface area contributed by atoms with Crippen molar-refractivity contribution in [2.75, 3.05) is 4.90 Å². The number of halogens is 1. The van der Waals surface area contributed by atoms with E-state index in [-0.39, 0.29) is 23.8 Å². The van der Waals surface area contributed by atoms with Crippen LogP contribution in [-0.4, -0.2) is 23.8 Å². The van der Waals surface area contributed by atoms with Gasteiger partial charge in [0.1, 0.15) is 0 Å². The SMILES string of the molecule is CC(=O)Oc1ccc(C=CC(=O)N2C(=O)CCc3cc(Cl)ccc32)cc1OC(C)=O. The molecule has 1 heterocycles. The van der Waals surface area contributed by atoms with Gasteiger partial charge < -0.3 is 9.47 Å². The Labute approximate surface area is 177 Å².